The Balaban J connectivity index is 1.87. The molecule has 3 amide bonds. The topological polar surface area (TPSA) is 134 Å². The molecule has 102 valence electrons. The number of carbonyl (C=O) groups excluding carboxylic acids is 3. The Morgan fingerprint density at radius 1 is 1.42 bits per heavy atom. The molecule has 0 bridgehead atoms. The van der Waals surface area contributed by atoms with Crippen LogP contribution in [0.4, 0.5) is 0 Å². The molecule has 0 spiro atoms. The second-order valence-electron chi connectivity index (χ2n) is 4.15. The summed E-state index contributed by atoms with van der Waals surface area (Å²) in [5.41, 5.74) is -0.247. The van der Waals surface area contributed by atoms with E-state index in [4.69, 9.17) is 5.11 Å². The van der Waals surface area contributed by atoms with Crippen LogP contribution in [0.1, 0.15) is 19.3 Å². The summed E-state index contributed by atoms with van der Waals surface area (Å²) in [5.74, 6) is -2.85. The highest BCUT2D eigenvalue weighted by Crippen LogP contribution is 2.12. The van der Waals surface area contributed by atoms with Gasteiger partial charge in [-0.25, -0.2) is 4.79 Å². The third kappa shape index (κ3) is 2.87. The van der Waals surface area contributed by atoms with Gasteiger partial charge >= 0.3 is 5.97 Å². The average molecular weight is 269 g/mol. The number of carbonyl (C=O) groups is 4. The van der Waals surface area contributed by atoms with E-state index >= 15 is 0 Å². The van der Waals surface area contributed by atoms with Crippen LogP contribution in [0.3, 0.4) is 0 Å². The second-order valence-corrected chi connectivity index (χ2v) is 4.15. The van der Waals surface area contributed by atoms with E-state index in [-0.39, 0.29) is 30.9 Å². The molecule has 9 heteroatoms. The lowest BCUT2D eigenvalue weighted by molar-refractivity contribution is -0.140. The van der Waals surface area contributed by atoms with Crippen LogP contribution in [0.25, 0.3) is 0 Å². The van der Waals surface area contributed by atoms with Crippen LogP contribution >= 0.6 is 0 Å². The molecular weight excluding hydrogens is 258 g/mol. The van der Waals surface area contributed by atoms with Gasteiger partial charge in [0.25, 0.3) is 5.91 Å². The first-order valence-corrected chi connectivity index (χ1v) is 5.57. The predicted molar refractivity (Wildman–Crippen MR) is 58.9 cm³/mol. The van der Waals surface area contributed by atoms with Gasteiger partial charge in [-0.15, -0.1) is 0 Å². The Kier molecular flexibility index (Phi) is 3.45. The molecule has 2 aliphatic heterocycles. The van der Waals surface area contributed by atoms with Crippen molar-refractivity contribution in [1.29, 1.82) is 0 Å². The van der Waals surface area contributed by atoms with E-state index in [9.17, 15) is 19.2 Å². The van der Waals surface area contributed by atoms with E-state index in [1.807, 2.05) is 0 Å². The van der Waals surface area contributed by atoms with E-state index in [1.165, 1.54) is 0 Å². The highest BCUT2D eigenvalue weighted by Gasteiger charge is 2.35. The minimum absolute atomic E-state index is 0.138. The van der Waals surface area contributed by atoms with Gasteiger partial charge in [-0.3, -0.25) is 19.7 Å². The highest BCUT2D eigenvalue weighted by atomic mass is 16.6. The third-order valence-electron chi connectivity index (χ3n) is 2.76. The maximum atomic E-state index is 11.7. The van der Waals surface area contributed by atoms with Gasteiger partial charge in [0.2, 0.25) is 17.9 Å². The quantitative estimate of drug-likeness (QED) is 0.514. The molecular formula is C10H11N3O6. The fraction of sp³-hybridized carbons (Fsp3) is 0.500. The largest absolute Gasteiger partial charge is 0.477 e. The lowest BCUT2D eigenvalue weighted by atomic mass is 10.1. The number of carboxylic acids is 1. The molecule has 19 heavy (non-hydrogen) atoms. The van der Waals surface area contributed by atoms with Gasteiger partial charge in [0.1, 0.15) is 6.04 Å². The van der Waals surface area contributed by atoms with Crippen LogP contribution in [0.2, 0.25) is 0 Å². The standard InChI is InChI=1S/C10H11N3O6/c14-7-2-1-4(8(15)12-7)11-9(16)6-3-5(10(17)18)13-19-6/h4,6H,1-3H2,(H,11,16)(H,17,18)(H,12,14,15). The van der Waals surface area contributed by atoms with Crippen LogP contribution in [-0.2, 0) is 24.0 Å². The van der Waals surface area contributed by atoms with Crippen LogP contribution in [0.15, 0.2) is 5.16 Å². The average Bonchev–Trinajstić information content (AvgIpc) is 2.82. The van der Waals surface area contributed by atoms with Crippen molar-refractivity contribution < 1.29 is 29.1 Å². The van der Waals surface area contributed by atoms with Crippen molar-refractivity contribution >= 4 is 29.4 Å². The molecule has 2 unspecified atom stereocenters. The monoisotopic (exact) mass is 269 g/mol. The molecule has 0 aromatic carbocycles. The number of piperidine rings is 1. The molecule has 2 heterocycles. The van der Waals surface area contributed by atoms with Gasteiger partial charge in [0, 0.05) is 12.8 Å². The van der Waals surface area contributed by atoms with E-state index in [1.54, 1.807) is 0 Å². The van der Waals surface area contributed by atoms with Crippen molar-refractivity contribution in [1.82, 2.24) is 10.6 Å². The Hall–Kier alpha value is -2.45. The fourth-order valence-electron chi connectivity index (χ4n) is 1.74. The van der Waals surface area contributed by atoms with E-state index in [0.717, 1.165) is 0 Å². The van der Waals surface area contributed by atoms with Crippen molar-refractivity contribution in [2.24, 2.45) is 5.16 Å². The zero-order chi connectivity index (χ0) is 14.0. The van der Waals surface area contributed by atoms with Crippen molar-refractivity contribution in [3.05, 3.63) is 0 Å². The summed E-state index contributed by atoms with van der Waals surface area (Å²) in [7, 11) is 0. The second kappa shape index (κ2) is 5.04. The lowest BCUT2D eigenvalue weighted by Crippen LogP contribution is -2.54. The fourth-order valence-corrected chi connectivity index (χ4v) is 1.74. The molecule has 1 fully saturated rings. The summed E-state index contributed by atoms with van der Waals surface area (Å²) < 4.78 is 0. The first-order chi connectivity index (χ1) is 8.97. The molecule has 2 aliphatic rings. The number of carboxylic acid groups (broad SMARTS) is 1. The van der Waals surface area contributed by atoms with Gasteiger partial charge in [0.05, 0.1) is 0 Å². The zero-order valence-corrected chi connectivity index (χ0v) is 9.71. The smallest absolute Gasteiger partial charge is 0.353 e. The number of aliphatic carboxylic acids is 1. The first kappa shape index (κ1) is 13.0. The van der Waals surface area contributed by atoms with Gasteiger partial charge in [-0.1, -0.05) is 5.16 Å². The Labute approximate surface area is 107 Å². The molecule has 0 aromatic heterocycles. The van der Waals surface area contributed by atoms with Crippen LogP contribution in [0.5, 0.6) is 0 Å². The number of oxime groups is 1. The molecule has 0 aliphatic carbocycles. The minimum atomic E-state index is -1.25. The normalized spacial score (nSPS) is 26.2. The number of imide groups is 1. The summed E-state index contributed by atoms with van der Waals surface area (Å²) in [6, 6.07) is -0.817. The van der Waals surface area contributed by atoms with Crippen molar-refractivity contribution in [2.75, 3.05) is 0 Å². The number of rotatable bonds is 3. The lowest BCUT2D eigenvalue weighted by Gasteiger charge is -2.22. The minimum Gasteiger partial charge on any atom is -0.477 e. The van der Waals surface area contributed by atoms with Crippen LogP contribution in [-0.4, -0.2) is 46.7 Å². The molecule has 9 nitrogen and oxygen atoms in total. The third-order valence-corrected chi connectivity index (χ3v) is 2.76. The van der Waals surface area contributed by atoms with Gasteiger partial charge in [-0.2, -0.15) is 0 Å². The molecule has 0 radical (unpaired) electrons. The Morgan fingerprint density at radius 2 is 2.16 bits per heavy atom. The van der Waals surface area contributed by atoms with E-state index in [2.05, 4.69) is 20.6 Å². The highest BCUT2D eigenvalue weighted by molar-refractivity contribution is 6.36. The van der Waals surface area contributed by atoms with E-state index < -0.39 is 29.9 Å². The molecule has 3 N–H and O–H groups in total. The number of hydrogen-bond donors (Lipinski definition) is 3. The van der Waals surface area contributed by atoms with Crippen molar-refractivity contribution in [3.63, 3.8) is 0 Å². The number of amides is 3. The SMILES string of the molecule is O=C1CCC(NC(=O)C2CC(C(=O)O)=NO2)C(=O)N1. The van der Waals surface area contributed by atoms with Crippen LogP contribution in [0, 0.1) is 0 Å². The number of nitrogens with zero attached hydrogens (tertiary/aromatic N) is 1. The first-order valence-electron chi connectivity index (χ1n) is 5.57. The number of hydrogen-bond acceptors (Lipinski definition) is 6. The summed E-state index contributed by atoms with van der Waals surface area (Å²) in [5, 5.41) is 16.4. The van der Waals surface area contributed by atoms with Gasteiger partial charge in [0.15, 0.2) is 5.71 Å². The summed E-state index contributed by atoms with van der Waals surface area (Å²) in [4.78, 5) is 49.4. The van der Waals surface area contributed by atoms with E-state index in [0.29, 0.717) is 0 Å². The Bertz CT molecular complexity index is 486. The molecule has 0 saturated carbocycles. The molecule has 0 aromatic rings. The molecule has 1 saturated heterocycles. The zero-order valence-electron chi connectivity index (χ0n) is 9.71. The summed E-state index contributed by atoms with van der Waals surface area (Å²) >= 11 is 0. The number of nitrogens with one attached hydrogen (secondary N) is 2. The van der Waals surface area contributed by atoms with Crippen molar-refractivity contribution in [3.8, 4) is 0 Å². The maximum absolute atomic E-state index is 11.7. The maximum Gasteiger partial charge on any atom is 0.353 e. The van der Waals surface area contributed by atoms with Crippen molar-refractivity contribution in [2.45, 2.75) is 31.4 Å². The molecule has 2 rings (SSSR count). The Morgan fingerprint density at radius 3 is 2.74 bits per heavy atom. The molecule has 2 atom stereocenters. The predicted octanol–water partition coefficient (Wildman–Crippen LogP) is -1.86. The summed E-state index contributed by atoms with van der Waals surface area (Å²) in [6.07, 6.45) is -0.875. The van der Waals surface area contributed by atoms with Gasteiger partial charge < -0.3 is 15.3 Å². The van der Waals surface area contributed by atoms with Crippen LogP contribution < -0.4 is 10.6 Å². The summed E-state index contributed by atoms with van der Waals surface area (Å²) in [6.45, 7) is 0. The van der Waals surface area contributed by atoms with Gasteiger partial charge in [-0.05, 0) is 6.42 Å².